The van der Waals surface area contributed by atoms with Gasteiger partial charge in [-0.2, -0.15) is 0 Å². The quantitative estimate of drug-likeness (QED) is 0.724. The van der Waals surface area contributed by atoms with Gasteiger partial charge in [0.2, 0.25) is 0 Å². The smallest absolute Gasteiger partial charge is 0.189 e. The van der Waals surface area contributed by atoms with Gasteiger partial charge in [-0.05, 0) is 31.2 Å². The van der Waals surface area contributed by atoms with Crippen molar-refractivity contribution < 1.29 is 9.13 Å². The molecule has 0 radical (unpaired) electrons. The van der Waals surface area contributed by atoms with Crippen molar-refractivity contribution in [3.63, 3.8) is 0 Å². The Morgan fingerprint density at radius 3 is 2.70 bits per heavy atom. The molecule has 3 aromatic rings. The minimum atomic E-state index is -0.544. The first kappa shape index (κ1) is 12.3. The summed E-state index contributed by atoms with van der Waals surface area (Å²) in [5, 5.41) is 0.658. The molecule has 100 valence electrons. The number of hydrogen-bond acceptors (Lipinski definition) is 4. The Hall–Kier alpha value is -2.69. The van der Waals surface area contributed by atoms with Gasteiger partial charge < -0.3 is 10.5 Å². The average molecular weight is 269 g/mol. The molecule has 0 aliphatic heterocycles. The Morgan fingerprint density at radius 2 is 1.90 bits per heavy atom. The molecule has 2 heterocycles. The molecule has 0 aliphatic rings. The van der Waals surface area contributed by atoms with Crippen LogP contribution < -0.4 is 10.5 Å². The lowest BCUT2D eigenvalue weighted by Gasteiger charge is -2.12. The van der Waals surface area contributed by atoms with Crippen LogP contribution in [0.1, 0.15) is 5.69 Å². The number of rotatable bonds is 2. The summed E-state index contributed by atoms with van der Waals surface area (Å²) < 4.78 is 19.8. The van der Waals surface area contributed by atoms with Gasteiger partial charge in [0, 0.05) is 29.5 Å². The zero-order valence-electron chi connectivity index (χ0n) is 10.8. The van der Waals surface area contributed by atoms with E-state index in [1.54, 1.807) is 43.6 Å². The van der Waals surface area contributed by atoms with Crippen molar-refractivity contribution in [2.75, 3.05) is 5.73 Å². The van der Waals surface area contributed by atoms with Crippen LogP contribution in [0.25, 0.3) is 10.9 Å². The van der Waals surface area contributed by atoms with Gasteiger partial charge >= 0.3 is 0 Å². The Morgan fingerprint density at radius 1 is 1.15 bits per heavy atom. The van der Waals surface area contributed by atoms with Crippen LogP contribution in [0.2, 0.25) is 0 Å². The molecule has 2 aromatic heterocycles. The Balaban J connectivity index is 2.19. The molecule has 1 aromatic carbocycles. The lowest BCUT2D eigenvalue weighted by atomic mass is 10.1. The van der Waals surface area contributed by atoms with E-state index in [1.165, 1.54) is 6.07 Å². The van der Waals surface area contributed by atoms with E-state index in [4.69, 9.17) is 10.5 Å². The number of ether oxygens (including phenoxy) is 1. The number of aromatic nitrogens is 2. The van der Waals surface area contributed by atoms with Crippen LogP contribution in [0.5, 0.6) is 11.5 Å². The van der Waals surface area contributed by atoms with E-state index in [1.807, 2.05) is 0 Å². The highest BCUT2D eigenvalue weighted by Gasteiger charge is 2.15. The molecule has 0 aliphatic carbocycles. The predicted molar refractivity (Wildman–Crippen MR) is 75.2 cm³/mol. The number of halogens is 1. The molecule has 0 amide bonds. The third kappa shape index (κ3) is 2.03. The van der Waals surface area contributed by atoms with E-state index in [-0.39, 0.29) is 5.75 Å². The molecule has 0 bridgehead atoms. The fourth-order valence-corrected chi connectivity index (χ4v) is 2.00. The van der Waals surface area contributed by atoms with E-state index in [2.05, 4.69) is 9.97 Å². The lowest BCUT2D eigenvalue weighted by Crippen LogP contribution is -1.97. The third-order valence-corrected chi connectivity index (χ3v) is 3.00. The summed E-state index contributed by atoms with van der Waals surface area (Å²) in [6.45, 7) is 1.79. The van der Waals surface area contributed by atoms with E-state index < -0.39 is 5.82 Å². The molecule has 20 heavy (non-hydrogen) atoms. The van der Waals surface area contributed by atoms with Crippen LogP contribution in [0.15, 0.2) is 42.7 Å². The minimum Gasteiger partial charge on any atom is -0.450 e. The fourth-order valence-electron chi connectivity index (χ4n) is 2.00. The van der Waals surface area contributed by atoms with Crippen molar-refractivity contribution in [2.24, 2.45) is 0 Å². The molecular weight excluding hydrogens is 257 g/mol. The Kier molecular flexibility index (Phi) is 2.95. The highest BCUT2D eigenvalue weighted by Crippen LogP contribution is 2.35. The molecule has 0 saturated heterocycles. The van der Waals surface area contributed by atoms with Crippen LogP contribution in [0.3, 0.4) is 0 Å². The average Bonchev–Trinajstić information content (AvgIpc) is 2.45. The molecule has 0 saturated carbocycles. The number of nitrogen functional groups attached to an aromatic ring is 1. The van der Waals surface area contributed by atoms with Crippen LogP contribution in [0.4, 0.5) is 10.1 Å². The summed E-state index contributed by atoms with van der Waals surface area (Å²) >= 11 is 0. The maximum atomic E-state index is 14.1. The fraction of sp³-hybridized carbons (Fsp3) is 0.0667. The number of anilines is 1. The molecule has 0 fully saturated rings. The predicted octanol–water partition coefficient (Wildman–Crippen LogP) is 3.45. The molecule has 0 atom stereocenters. The van der Waals surface area contributed by atoms with Gasteiger partial charge in [0.25, 0.3) is 0 Å². The maximum absolute atomic E-state index is 14.1. The number of aryl methyl sites for hydroxylation is 1. The van der Waals surface area contributed by atoms with Crippen LogP contribution >= 0.6 is 0 Å². The first-order valence-corrected chi connectivity index (χ1v) is 6.09. The molecule has 5 heteroatoms. The number of pyridine rings is 2. The van der Waals surface area contributed by atoms with Crippen molar-refractivity contribution >= 4 is 16.6 Å². The van der Waals surface area contributed by atoms with Gasteiger partial charge in [0.05, 0.1) is 5.69 Å². The molecule has 0 spiro atoms. The molecule has 2 N–H and O–H groups in total. The standard InChI is InChI=1S/C15H12FN3O/c1-9-13(5-3-6-18-9)20-15-11(16)8-12(17)10-4-2-7-19-14(10)15/h2-8H,17H2,1H3. The molecule has 4 nitrogen and oxygen atoms in total. The van der Waals surface area contributed by atoms with Crippen molar-refractivity contribution in [3.05, 3.63) is 54.2 Å². The van der Waals surface area contributed by atoms with Crippen molar-refractivity contribution in [2.45, 2.75) is 6.92 Å². The van der Waals surface area contributed by atoms with Gasteiger partial charge in [-0.1, -0.05) is 0 Å². The van der Waals surface area contributed by atoms with Crippen LogP contribution in [0, 0.1) is 12.7 Å². The second-order valence-electron chi connectivity index (χ2n) is 4.37. The Labute approximate surface area is 115 Å². The van der Waals surface area contributed by atoms with E-state index in [0.717, 1.165) is 0 Å². The van der Waals surface area contributed by atoms with E-state index >= 15 is 0 Å². The highest BCUT2D eigenvalue weighted by atomic mass is 19.1. The second kappa shape index (κ2) is 4.77. The summed E-state index contributed by atoms with van der Waals surface area (Å²) in [6.07, 6.45) is 3.22. The van der Waals surface area contributed by atoms with Gasteiger partial charge in [0.1, 0.15) is 11.3 Å². The van der Waals surface area contributed by atoms with Crippen molar-refractivity contribution in [1.82, 2.24) is 9.97 Å². The maximum Gasteiger partial charge on any atom is 0.189 e. The van der Waals surface area contributed by atoms with Gasteiger partial charge in [-0.25, -0.2) is 4.39 Å². The number of benzene rings is 1. The second-order valence-corrected chi connectivity index (χ2v) is 4.37. The number of nitrogens with two attached hydrogens (primary N) is 1. The van der Waals surface area contributed by atoms with Gasteiger partial charge in [-0.15, -0.1) is 0 Å². The van der Waals surface area contributed by atoms with Gasteiger partial charge in [-0.3, -0.25) is 9.97 Å². The third-order valence-electron chi connectivity index (χ3n) is 3.00. The van der Waals surface area contributed by atoms with Crippen molar-refractivity contribution in [3.8, 4) is 11.5 Å². The van der Waals surface area contributed by atoms with Gasteiger partial charge in [0.15, 0.2) is 11.6 Å². The molecule has 0 unspecified atom stereocenters. The SMILES string of the molecule is Cc1ncccc1Oc1c(F)cc(N)c2cccnc12. The summed E-state index contributed by atoms with van der Waals surface area (Å²) in [6, 6.07) is 8.22. The summed E-state index contributed by atoms with van der Waals surface area (Å²) in [5.41, 5.74) is 7.21. The lowest BCUT2D eigenvalue weighted by molar-refractivity contribution is 0.442. The monoisotopic (exact) mass is 269 g/mol. The zero-order valence-corrected chi connectivity index (χ0v) is 10.8. The summed E-state index contributed by atoms with van der Waals surface area (Å²) in [5.74, 6) is 0.00553. The topological polar surface area (TPSA) is 61.0 Å². The first-order valence-electron chi connectivity index (χ1n) is 6.09. The Bertz CT molecular complexity index is 789. The minimum absolute atomic E-state index is 0.0610. The largest absolute Gasteiger partial charge is 0.450 e. The van der Waals surface area contributed by atoms with E-state index in [0.29, 0.717) is 28.0 Å². The molecule has 3 rings (SSSR count). The first-order chi connectivity index (χ1) is 9.66. The molecular formula is C15H12FN3O. The van der Waals surface area contributed by atoms with Crippen molar-refractivity contribution in [1.29, 1.82) is 0 Å². The van der Waals surface area contributed by atoms with Crippen LogP contribution in [-0.4, -0.2) is 9.97 Å². The normalized spacial score (nSPS) is 10.7. The summed E-state index contributed by atoms with van der Waals surface area (Å²) in [4.78, 5) is 8.27. The number of fused-ring (bicyclic) bond motifs is 1. The highest BCUT2D eigenvalue weighted by molar-refractivity contribution is 5.94. The van der Waals surface area contributed by atoms with Crippen LogP contribution in [-0.2, 0) is 0 Å². The zero-order chi connectivity index (χ0) is 14.1. The number of nitrogens with zero attached hydrogens (tertiary/aromatic N) is 2. The number of hydrogen-bond donors (Lipinski definition) is 1. The summed E-state index contributed by atoms with van der Waals surface area (Å²) in [7, 11) is 0. The van der Waals surface area contributed by atoms with E-state index in [9.17, 15) is 4.39 Å².